The number of benzene rings is 2. The minimum absolute atomic E-state index is 0.110. The molecule has 132 valence electrons. The average molecular weight is 353 g/mol. The number of para-hydroxylation sites is 2. The fraction of sp³-hybridized carbons (Fsp3) is 0.167. The van der Waals surface area contributed by atoms with Crippen molar-refractivity contribution < 1.29 is 19.2 Å². The minimum atomic E-state index is -0.959. The highest BCUT2D eigenvalue weighted by atomic mass is 16.6. The van der Waals surface area contributed by atoms with Crippen molar-refractivity contribution in [3.8, 4) is 6.07 Å². The van der Waals surface area contributed by atoms with Crippen LogP contribution in [-0.4, -0.2) is 30.0 Å². The fourth-order valence-corrected chi connectivity index (χ4v) is 2.26. The number of hydrogen-bond acceptors (Lipinski definition) is 6. The third-order valence-electron chi connectivity index (χ3n) is 3.46. The molecule has 8 heteroatoms. The van der Waals surface area contributed by atoms with Gasteiger partial charge in [0.05, 0.1) is 17.4 Å². The number of amides is 1. The van der Waals surface area contributed by atoms with E-state index < -0.39 is 29.1 Å². The van der Waals surface area contributed by atoms with E-state index in [0.717, 1.165) is 0 Å². The number of ether oxygens (including phenoxy) is 1. The zero-order valence-electron chi connectivity index (χ0n) is 13.7. The van der Waals surface area contributed by atoms with E-state index in [-0.39, 0.29) is 18.5 Å². The number of anilines is 1. The fourth-order valence-electron chi connectivity index (χ4n) is 2.26. The number of carbonyl (C=O) groups excluding carboxylic acids is 2. The largest absolute Gasteiger partial charge is 0.452 e. The number of hydrogen-bond donors (Lipinski definition) is 0. The molecule has 0 spiro atoms. The third-order valence-corrected chi connectivity index (χ3v) is 3.46. The van der Waals surface area contributed by atoms with Crippen molar-refractivity contribution in [2.75, 3.05) is 18.1 Å². The monoisotopic (exact) mass is 353 g/mol. The van der Waals surface area contributed by atoms with Crippen LogP contribution in [0.25, 0.3) is 0 Å². The Labute approximate surface area is 149 Å². The normalized spacial score (nSPS) is 9.81. The summed E-state index contributed by atoms with van der Waals surface area (Å²) in [7, 11) is 0. The third kappa shape index (κ3) is 4.64. The molecule has 0 radical (unpaired) electrons. The van der Waals surface area contributed by atoms with E-state index in [1.165, 1.54) is 29.2 Å². The van der Waals surface area contributed by atoms with Crippen molar-refractivity contribution in [2.24, 2.45) is 0 Å². The van der Waals surface area contributed by atoms with Gasteiger partial charge in [-0.1, -0.05) is 30.3 Å². The van der Waals surface area contributed by atoms with Gasteiger partial charge in [0.25, 0.3) is 11.6 Å². The predicted molar refractivity (Wildman–Crippen MR) is 92.4 cm³/mol. The molecule has 0 aliphatic carbocycles. The predicted octanol–water partition coefficient (Wildman–Crippen LogP) is 2.70. The van der Waals surface area contributed by atoms with Crippen LogP contribution in [0.5, 0.6) is 0 Å². The molecule has 0 aliphatic heterocycles. The molecule has 2 aromatic rings. The maximum absolute atomic E-state index is 12.4. The van der Waals surface area contributed by atoms with E-state index in [0.29, 0.717) is 5.69 Å². The van der Waals surface area contributed by atoms with E-state index in [1.54, 1.807) is 30.3 Å². The molecular weight excluding hydrogens is 338 g/mol. The molecular formula is C18H15N3O5. The Bertz CT molecular complexity index is 845. The first-order valence-corrected chi connectivity index (χ1v) is 7.67. The molecule has 0 aromatic heterocycles. The smallest absolute Gasteiger partial charge is 0.345 e. The second kappa shape index (κ2) is 8.94. The highest BCUT2D eigenvalue weighted by Crippen LogP contribution is 2.19. The molecule has 2 aromatic carbocycles. The average Bonchev–Trinajstić information content (AvgIpc) is 2.67. The number of carbonyl (C=O) groups is 2. The summed E-state index contributed by atoms with van der Waals surface area (Å²) in [6.07, 6.45) is 0.110. The molecule has 0 saturated heterocycles. The summed E-state index contributed by atoms with van der Waals surface area (Å²) in [6.45, 7) is -0.451. The molecule has 1 amide bonds. The summed E-state index contributed by atoms with van der Waals surface area (Å²) < 4.78 is 4.95. The molecule has 0 aliphatic rings. The maximum atomic E-state index is 12.4. The molecule has 26 heavy (non-hydrogen) atoms. The van der Waals surface area contributed by atoms with E-state index in [9.17, 15) is 19.7 Å². The van der Waals surface area contributed by atoms with E-state index in [1.807, 2.05) is 6.07 Å². The second-order valence-corrected chi connectivity index (χ2v) is 5.14. The zero-order chi connectivity index (χ0) is 18.9. The van der Waals surface area contributed by atoms with Crippen LogP contribution in [0.2, 0.25) is 0 Å². The lowest BCUT2D eigenvalue weighted by Gasteiger charge is -2.21. The van der Waals surface area contributed by atoms with E-state index in [2.05, 4.69) is 0 Å². The Morgan fingerprint density at radius 1 is 1.12 bits per heavy atom. The van der Waals surface area contributed by atoms with Crippen molar-refractivity contribution >= 4 is 23.3 Å². The topological polar surface area (TPSA) is 114 Å². The maximum Gasteiger partial charge on any atom is 0.345 e. The summed E-state index contributed by atoms with van der Waals surface area (Å²) in [6, 6.07) is 15.9. The highest BCUT2D eigenvalue weighted by Gasteiger charge is 2.23. The van der Waals surface area contributed by atoms with Gasteiger partial charge in [0, 0.05) is 18.3 Å². The second-order valence-electron chi connectivity index (χ2n) is 5.14. The van der Waals surface area contributed by atoms with Crippen molar-refractivity contribution in [1.29, 1.82) is 5.26 Å². The SMILES string of the molecule is N#CCCN(C(=O)COC(=O)c1ccccc1[N+](=O)[O-])c1ccccc1. The molecule has 0 fully saturated rings. The van der Waals surface area contributed by atoms with Crippen molar-refractivity contribution in [2.45, 2.75) is 6.42 Å². The number of nitro benzene ring substituents is 1. The van der Waals surface area contributed by atoms with Gasteiger partial charge in [-0.2, -0.15) is 5.26 Å². The Balaban J connectivity index is 2.09. The number of nitrogens with zero attached hydrogens (tertiary/aromatic N) is 3. The van der Waals surface area contributed by atoms with Crippen LogP contribution in [0.4, 0.5) is 11.4 Å². The Hall–Kier alpha value is -3.73. The van der Waals surface area contributed by atoms with Crippen molar-refractivity contribution in [3.05, 3.63) is 70.3 Å². The molecule has 0 heterocycles. The van der Waals surface area contributed by atoms with Gasteiger partial charge in [0.1, 0.15) is 5.56 Å². The highest BCUT2D eigenvalue weighted by molar-refractivity contribution is 5.98. The summed E-state index contributed by atoms with van der Waals surface area (Å²) >= 11 is 0. The van der Waals surface area contributed by atoms with Crippen molar-refractivity contribution in [3.63, 3.8) is 0 Å². The number of nitriles is 1. The zero-order valence-corrected chi connectivity index (χ0v) is 13.7. The van der Waals surface area contributed by atoms with Crippen LogP contribution >= 0.6 is 0 Å². The van der Waals surface area contributed by atoms with Gasteiger partial charge in [-0.15, -0.1) is 0 Å². The van der Waals surface area contributed by atoms with Crippen LogP contribution in [0.3, 0.4) is 0 Å². The lowest BCUT2D eigenvalue weighted by molar-refractivity contribution is -0.385. The van der Waals surface area contributed by atoms with Gasteiger partial charge in [0.2, 0.25) is 0 Å². The van der Waals surface area contributed by atoms with E-state index >= 15 is 0 Å². The molecule has 8 nitrogen and oxygen atoms in total. The Morgan fingerprint density at radius 3 is 2.42 bits per heavy atom. The van der Waals surface area contributed by atoms with Gasteiger partial charge in [0.15, 0.2) is 6.61 Å². The number of esters is 1. The van der Waals surface area contributed by atoms with E-state index in [4.69, 9.17) is 10.00 Å². The summed E-state index contributed by atoms with van der Waals surface area (Å²) in [5, 5.41) is 19.7. The number of nitro groups is 1. The van der Waals surface area contributed by atoms with Crippen LogP contribution in [0.1, 0.15) is 16.8 Å². The van der Waals surface area contributed by atoms with Crippen LogP contribution in [-0.2, 0) is 9.53 Å². The molecule has 0 unspecified atom stereocenters. The molecule has 0 bridgehead atoms. The molecule has 0 atom stereocenters. The lowest BCUT2D eigenvalue weighted by Crippen LogP contribution is -2.35. The van der Waals surface area contributed by atoms with Gasteiger partial charge < -0.3 is 9.64 Å². The summed E-state index contributed by atoms with van der Waals surface area (Å²) in [5.74, 6) is -1.49. The first-order chi connectivity index (χ1) is 12.5. The van der Waals surface area contributed by atoms with Crippen molar-refractivity contribution in [1.82, 2.24) is 0 Å². The van der Waals surface area contributed by atoms with Crippen LogP contribution < -0.4 is 4.90 Å². The van der Waals surface area contributed by atoms with Gasteiger partial charge >= 0.3 is 5.97 Å². The van der Waals surface area contributed by atoms with Gasteiger partial charge in [-0.25, -0.2) is 4.79 Å². The molecule has 2 rings (SSSR count). The quantitative estimate of drug-likeness (QED) is 0.429. The van der Waals surface area contributed by atoms with Gasteiger partial charge in [-0.05, 0) is 18.2 Å². The van der Waals surface area contributed by atoms with Crippen LogP contribution in [0.15, 0.2) is 54.6 Å². The first kappa shape index (κ1) is 18.6. The lowest BCUT2D eigenvalue weighted by atomic mass is 10.2. The van der Waals surface area contributed by atoms with Crippen LogP contribution in [0, 0.1) is 21.4 Å². The minimum Gasteiger partial charge on any atom is -0.452 e. The molecule has 0 N–H and O–H groups in total. The Morgan fingerprint density at radius 2 is 1.77 bits per heavy atom. The van der Waals surface area contributed by atoms with Gasteiger partial charge in [-0.3, -0.25) is 14.9 Å². The first-order valence-electron chi connectivity index (χ1n) is 7.67. The standard InChI is InChI=1S/C18H15N3O5/c19-11-6-12-20(14-7-2-1-3-8-14)17(22)13-26-18(23)15-9-4-5-10-16(15)21(24)25/h1-5,7-10H,6,12-13H2. The molecule has 0 saturated carbocycles. The summed E-state index contributed by atoms with van der Waals surface area (Å²) in [5.41, 5.74) is -0.0579. The summed E-state index contributed by atoms with van der Waals surface area (Å²) in [4.78, 5) is 36.1. The number of rotatable bonds is 7. The Kier molecular flexibility index (Phi) is 6.40.